The predicted octanol–water partition coefficient (Wildman–Crippen LogP) is 5.42. The van der Waals surface area contributed by atoms with Crippen LogP contribution in [0, 0.1) is 25.7 Å². The third-order valence-corrected chi connectivity index (χ3v) is 9.09. The molecule has 0 amide bonds. The summed E-state index contributed by atoms with van der Waals surface area (Å²) in [4.78, 5) is 25.1. The molecule has 0 aliphatic carbocycles. The van der Waals surface area contributed by atoms with E-state index >= 15 is 0 Å². The summed E-state index contributed by atoms with van der Waals surface area (Å²) in [6, 6.07) is 16.3. The number of Topliss-reactive ketones (excluding diaryl/α,β-unsaturated/α-hetero) is 1. The SMILES string of the molecule is Cc1ccc(C(=O)Cc2ccc(CN3CCN(C)CC3)c(C)c2)cc1C#Cc1cnc2c(Nc3cnn(CCCN(C)C)c3)cccn12. The highest BCUT2D eigenvalue weighted by Gasteiger charge is 2.16. The van der Waals surface area contributed by atoms with Gasteiger partial charge in [0.25, 0.3) is 0 Å². The smallest absolute Gasteiger partial charge is 0.167 e. The first kappa shape index (κ1) is 33.2. The van der Waals surface area contributed by atoms with Crippen LogP contribution in [0.25, 0.3) is 5.65 Å². The lowest BCUT2D eigenvalue weighted by atomic mass is 9.96. The number of carbonyl (C=O) groups excluding carboxylic acids is 1. The molecule has 0 unspecified atom stereocenters. The van der Waals surface area contributed by atoms with E-state index in [2.05, 4.69) is 88.2 Å². The van der Waals surface area contributed by atoms with Gasteiger partial charge < -0.3 is 15.1 Å². The number of piperazine rings is 1. The van der Waals surface area contributed by atoms with Gasteiger partial charge in [-0.25, -0.2) is 4.98 Å². The van der Waals surface area contributed by atoms with Gasteiger partial charge in [0, 0.05) is 69.2 Å². The number of anilines is 2. The van der Waals surface area contributed by atoms with Crippen LogP contribution in [-0.2, 0) is 19.5 Å². The third-order valence-electron chi connectivity index (χ3n) is 9.09. The quantitative estimate of drug-likeness (QED) is 0.153. The number of rotatable bonds is 11. The van der Waals surface area contributed by atoms with Crippen LogP contribution in [0.15, 0.2) is 73.3 Å². The molecule has 248 valence electrons. The molecule has 5 aromatic rings. The molecule has 0 spiro atoms. The summed E-state index contributed by atoms with van der Waals surface area (Å²) in [7, 11) is 6.34. The second-order valence-electron chi connectivity index (χ2n) is 13.3. The Balaban J connectivity index is 1.12. The number of hydrogen-bond donors (Lipinski definition) is 1. The fraction of sp³-hybridized carbons (Fsp3) is 0.359. The van der Waals surface area contributed by atoms with Gasteiger partial charge in [-0.1, -0.05) is 36.3 Å². The second-order valence-corrected chi connectivity index (χ2v) is 13.3. The summed E-state index contributed by atoms with van der Waals surface area (Å²) in [5, 5.41) is 7.96. The zero-order chi connectivity index (χ0) is 33.6. The molecule has 4 heterocycles. The number of fused-ring (bicyclic) bond motifs is 1. The summed E-state index contributed by atoms with van der Waals surface area (Å²) in [5.41, 5.74) is 9.52. The van der Waals surface area contributed by atoms with Crippen molar-refractivity contribution in [1.29, 1.82) is 0 Å². The standard InChI is InChI=1S/C39H46N8O/c1-29-9-11-33(38(48)23-31-10-12-34(30(2)22-31)27-45-20-18-44(5)19-21-45)24-32(29)13-14-36-26-40-39-37(8-6-17-47(36)39)42-35-25-41-46(28-35)16-7-15-43(3)4/h6,8-12,17,22,24-26,28,42H,7,15-16,18-21,23,27H2,1-5H3. The van der Waals surface area contributed by atoms with Crippen LogP contribution < -0.4 is 5.32 Å². The van der Waals surface area contributed by atoms with Crippen molar-refractivity contribution in [2.75, 3.05) is 59.2 Å². The lowest BCUT2D eigenvalue weighted by molar-refractivity contribution is 0.0993. The Morgan fingerprint density at radius 3 is 2.60 bits per heavy atom. The topological polar surface area (TPSA) is 73.9 Å². The largest absolute Gasteiger partial charge is 0.350 e. The highest BCUT2D eigenvalue weighted by atomic mass is 16.1. The summed E-state index contributed by atoms with van der Waals surface area (Å²) in [6.07, 6.45) is 9.01. The minimum atomic E-state index is 0.0933. The van der Waals surface area contributed by atoms with Crippen LogP contribution in [0.4, 0.5) is 11.4 Å². The van der Waals surface area contributed by atoms with Crippen LogP contribution >= 0.6 is 0 Å². The van der Waals surface area contributed by atoms with Gasteiger partial charge in [-0.15, -0.1) is 0 Å². The molecule has 1 N–H and O–H groups in total. The molecule has 1 aliphatic heterocycles. The predicted molar refractivity (Wildman–Crippen MR) is 193 cm³/mol. The monoisotopic (exact) mass is 642 g/mol. The van der Waals surface area contributed by atoms with E-state index in [1.807, 2.05) is 64.9 Å². The van der Waals surface area contributed by atoms with Crippen molar-refractivity contribution in [3.63, 3.8) is 0 Å². The van der Waals surface area contributed by atoms with Crippen molar-refractivity contribution < 1.29 is 4.79 Å². The number of hydrogen-bond acceptors (Lipinski definition) is 7. The van der Waals surface area contributed by atoms with E-state index in [4.69, 9.17) is 0 Å². The maximum Gasteiger partial charge on any atom is 0.167 e. The van der Waals surface area contributed by atoms with Crippen molar-refractivity contribution in [2.45, 2.75) is 39.8 Å². The number of aromatic nitrogens is 4. The van der Waals surface area contributed by atoms with Gasteiger partial charge in [-0.3, -0.25) is 18.8 Å². The van der Waals surface area contributed by atoms with Crippen LogP contribution in [-0.4, -0.2) is 93.5 Å². The zero-order valence-electron chi connectivity index (χ0n) is 28.8. The van der Waals surface area contributed by atoms with Crippen LogP contribution in [0.1, 0.15) is 50.3 Å². The molecule has 6 rings (SSSR count). The highest BCUT2D eigenvalue weighted by Crippen LogP contribution is 2.22. The van der Waals surface area contributed by atoms with Crippen molar-refractivity contribution in [3.8, 4) is 11.8 Å². The Bertz CT molecular complexity index is 1950. The van der Waals surface area contributed by atoms with Crippen LogP contribution in [0.3, 0.4) is 0 Å². The van der Waals surface area contributed by atoms with E-state index in [0.29, 0.717) is 12.0 Å². The normalized spacial score (nSPS) is 14.0. The Kier molecular flexibility index (Phi) is 10.4. The number of ketones is 1. The molecular weight excluding hydrogens is 596 g/mol. The highest BCUT2D eigenvalue weighted by molar-refractivity contribution is 5.98. The van der Waals surface area contributed by atoms with E-state index < -0.39 is 0 Å². The van der Waals surface area contributed by atoms with E-state index in [1.165, 1.54) is 11.1 Å². The number of imidazole rings is 1. The molecule has 9 nitrogen and oxygen atoms in total. The number of aryl methyl sites for hydroxylation is 3. The van der Waals surface area contributed by atoms with Gasteiger partial charge in [-0.05, 0) is 94.3 Å². The molecule has 0 saturated carbocycles. The number of carbonyl (C=O) groups is 1. The average Bonchev–Trinajstić information content (AvgIpc) is 3.70. The third kappa shape index (κ3) is 8.20. The minimum Gasteiger partial charge on any atom is -0.350 e. The molecule has 0 atom stereocenters. The van der Waals surface area contributed by atoms with E-state index in [-0.39, 0.29) is 5.78 Å². The minimum absolute atomic E-state index is 0.0933. The first-order valence-electron chi connectivity index (χ1n) is 16.8. The average molecular weight is 643 g/mol. The van der Waals surface area contributed by atoms with Crippen LogP contribution in [0.5, 0.6) is 0 Å². The molecule has 1 fully saturated rings. The molecule has 48 heavy (non-hydrogen) atoms. The summed E-state index contributed by atoms with van der Waals surface area (Å²) in [6.45, 7) is 11.4. The lowest BCUT2D eigenvalue weighted by Gasteiger charge is -2.32. The Morgan fingerprint density at radius 1 is 0.979 bits per heavy atom. The van der Waals surface area contributed by atoms with Crippen molar-refractivity contribution in [3.05, 3.63) is 112 Å². The number of nitrogens with zero attached hydrogens (tertiary/aromatic N) is 7. The maximum absolute atomic E-state index is 13.4. The molecule has 2 aromatic carbocycles. The fourth-order valence-electron chi connectivity index (χ4n) is 6.10. The second kappa shape index (κ2) is 15.0. The van der Waals surface area contributed by atoms with Crippen molar-refractivity contribution in [1.82, 2.24) is 33.9 Å². The Morgan fingerprint density at radius 2 is 1.81 bits per heavy atom. The molecule has 0 radical (unpaired) electrons. The molecular formula is C39H46N8O. The summed E-state index contributed by atoms with van der Waals surface area (Å²) in [5.74, 6) is 6.71. The van der Waals surface area contributed by atoms with Gasteiger partial charge in [0.1, 0.15) is 5.69 Å². The van der Waals surface area contributed by atoms with Gasteiger partial charge in [-0.2, -0.15) is 5.10 Å². The molecule has 1 aliphatic rings. The Labute approximate surface area is 284 Å². The van der Waals surface area contributed by atoms with E-state index in [1.54, 1.807) is 6.20 Å². The number of benzene rings is 2. The van der Waals surface area contributed by atoms with Crippen molar-refractivity contribution >= 4 is 22.8 Å². The molecule has 3 aromatic heterocycles. The van der Waals surface area contributed by atoms with Gasteiger partial charge in [0.2, 0.25) is 0 Å². The lowest BCUT2D eigenvalue weighted by Crippen LogP contribution is -2.43. The van der Waals surface area contributed by atoms with Gasteiger partial charge in [0.05, 0.1) is 23.8 Å². The summed E-state index contributed by atoms with van der Waals surface area (Å²) >= 11 is 0. The van der Waals surface area contributed by atoms with E-state index in [9.17, 15) is 4.79 Å². The van der Waals surface area contributed by atoms with Gasteiger partial charge >= 0.3 is 0 Å². The maximum atomic E-state index is 13.4. The fourth-order valence-corrected chi connectivity index (χ4v) is 6.10. The first-order chi connectivity index (χ1) is 23.2. The number of likely N-dealkylation sites (N-methyl/N-ethyl adjacent to an activating group) is 1. The number of pyridine rings is 1. The van der Waals surface area contributed by atoms with E-state index in [0.717, 1.165) is 91.6 Å². The van der Waals surface area contributed by atoms with Crippen molar-refractivity contribution in [2.24, 2.45) is 0 Å². The zero-order valence-corrected chi connectivity index (χ0v) is 28.8. The number of nitrogens with one attached hydrogen (secondary N) is 1. The van der Waals surface area contributed by atoms with Gasteiger partial charge in [0.15, 0.2) is 11.4 Å². The Hall–Kier alpha value is -4.75. The molecule has 9 heteroatoms. The molecule has 0 bridgehead atoms. The first-order valence-corrected chi connectivity index (χ1v) is 16.8. The van der Waals surface area contributed by atoms with Crippen LogP contribution in [0.2, 0.25) is 0 Å². The molecule has 1 saturated heterocycles. The summed E-state index contributed by atoms with van der Waals surface area (Å²) < 4.78 is 3.94.